The van der Waals surface area contributed by atoms with E-state index in [-0.39, 0.29) is 5.78 Å². The van der Waals surface area contributed by atoms with Gasteiger partial charge in [0, 0.05) is 15.3 Å². The molecule has 3 heteroatoms. The average Bonchev–Trinajstić information content (AvgIpc) is 2.94. The topological polar surface area (TPSA) is 17.1 Å². The van der Waals surface area contributed by atoms with Crippen LogP contribution in [0.1, 0.15) is 21.5 Å². The normalized spacial score (nSPS) is 11.2. The minimum Gasteiger partial charge on any atom is -0.289 e. The lowest BCUT2D eigenvalue weighted by atomic mass is 10.0. The molecule has 0 heterocycles. The average molecular weight is 549 g/mol. The molecule has 5 aromatic carbocycles. The minimum atomic E-state index is -2.58. The lowest BCUT2D eigenvalue weighted by Crippen LogP contribution is -2.34. The van der Waals surface area contributed by atoms with E-state index in [0.29, 0.717) is 5.56 Å². The third-order valence-corrected chi connectivity index (χ3v) is 11.3. The van der Waals surface area contributed by atoms with Gasteiger partial charge < -0.3 is 0 Å². The van der Waals surface area contributed by atoms with Crippen LogP contribution in [0.15, 0.2) is 144 Å². The number of ketones is 1. The summed E-state index contributed by atoms with van der Waals surface area (Å²) in [6.45, 7) is -0.538. The highest BCUT2D eigenvalue weighted by Gasteiger charge is 2.34. The predicted molar refractivity (Wildman–Crippen MR) is 159 cm³/mol. The number of hydrogen-bond acceptors (Lipinski definition) is 1. The molecule has 0 saturated carbocycles. The summed E-state index contributed by atoms with van der Waals surface area (Å²) in [5.41, 5.74) is 2.77. The van der Waals surface area contributed by atoms with E-state index in [2.05, 4.69) is 101 Å². The second kappa shape index (κ2) is 10.7. The summed E-state index contributed by atoms with van der Waals surface area (Å²) in [6, 6.07) is 47.7. The van der Waals surface area contributed by atoms with Crippen molar-refractivity contribution in [3.8, 4) is 0 Å². The van der Waals surface area contributed by atoms with E-state index in [9.17, 15) is 4.79 Å². The van der Waals surface area contributed by atoms with Crippen LogP contribution in [-0.2, 0) is 0 Å². The monoisotopic (exact) mass is 548 g/mol. The SMILES string of the molecule is Cc1ccc(C(=O)C(c2ccc(Br)cc2)=P(c2ccccc2)(c2ccccc2)c2ccccc2)cc1. The number of aryl methyl sites for hydroxylation is 1. The third-order valence-electron chi connectivity index (χ3n) is 6.41. The van der Waals surface area contributed by atoms with Gasteiger partial charge in [-0.05, 0) is 47.4 Å². The van der Waals surface area contributed by atoms with Gasteiger partial charge >= 0.3 is 0 Å². The second-order valence-electron chi connectivity index (χ2n) is 8.73. The maximum Gasteiger partial charge on any atom is 0.194 e. The van der Waals surface area contributed by atoms with E-state index in [1.807, 2.05) is 61.5 Å². The van der Waals surface area contributed by atoms with E-state index in [4.69, 9.17) is 0 Å². The highest BCUT2D eigenvalue weighted by atomic mass is 79.9. The van der Waals surface area contributed by atoms with Gasteiger partial charge in [0.2, 0.25) is 0 Å². The zero-order chi connectivity index (χ0) is 25.0. The van der Waals surface area contributed by atoms with Crippen molar-refractivity contribution in [2.75, 3.05) is 0 Å². The van der Waals surface area contributed by atoms with Crippen LogP contribution in [0.4, 0.5) is 0 Å². The van der Waals surface area contributed by atoms with Crippen molar-refractivity contribution in [2.24, 2.45) is 0 Å². The van der Waals surface area contributed by atoms with E-state index in [1.54, 1.807) is 0 Å². The Labute approximate surface area is 221 Å². The van der Waals surface area contributed by atoms with Gasteiger partial charge in [-0.25, -0.2) is 0 Å². The Morgan fingerprint density at radius 3 is 1.33 bits per heavy atom. The summed E-state index contributed by atoms with van der Waals surface area (Å²) >= 11 is 3.58. The van der Waals surface area contributed by atoms with Gasteiger partial charge in [0.25, 0.3) is 0 Å². The Kier molecular flexibility index (Phi) is 7.18. The Hall–Kier alpha value is -3.45. The van der Waals surface area contributed by atoms with Crippen molar-refractivity contribution in [3.05, 3.63) is 161 Å². The minimum absolute atomic E-state index is 0.0576. The van der Waals surface area contributed by atoms with Crippen LogP contribution in [0.2, 0.25) is 0 Å². The maximum absolute atomic E-state index is 14.7. The van der Waals surface area contributed by atoms with E-state index >= 15 is 0 Å². The van der Waals surface area contributed by atoms with Crippen molar-refractivity contribution in [1.29, 1.82) is 0 Å². The van der Waals surface area contributed by atoms with Gasteiger partial charge in [0.05, 0.1) is 0 Å². The van der Waals surface area contributed by atoms with Crippen LogP contribution in [0.3, 0.4) is 0 Å². The predicted octanol–water partition coefficient (Wildman–Crippen LogP) is 7.16. The van der Waals surface area contributed by atoms with E-state index < -0.39 is 6.89 Å². The number of benzene rings is 5. The van der Waals surface area contributed by atoms with Crippen LogP contribution in [0, 0.1) is 6.92 Å². The van der Waals surface area contributed by atoms with Crippen molar-refractivity contribution in [3.63, 3.8) is 0 Å². The summed E-state index contributed by atoms with van der Waals surface area (Å²) in [5, 5.41) is 4.30. The molecule has 36 heavy (non-hydrogen) atoms. The Balaban J connectivity index is 2.04. The molecule has 0 N–H and O–H groups in total. The Bertz CT molecular complexity index is 1420. The first-order chi connectivity index (χ1) is 17.6. The summed E-state index contributed by atoms with van der Waals surface area (Å²) < 4.78 is 0.983. The number of halogens is 1. The van der Waals surface area contributed by atoms with Crippen molar-refractivity contribution in [2.45, 2.75) is 6.92 Å². The van der Waals surface area contributed by atoms with Crippen LogP contribution in [0.25, 0.3) is 0 Å². The fourth-order valence-corrected chi connectivity index (χ4v) is 9.48. The second-order valence-corrected chi connectivity index (χ2v) is 13.0. The molecule has 0 fully saturated rings. The van der Waals surface area contributed by atoms with Crippen LogP contribution in [0.5, 0.6) is 0 Å². The zero-order valence-corrected chi connectivity index (χ0v) is 22.5. The fraction of sp³-hybridized carbons (Fsp3) is 0.0303. The molecule has 0 aliphatic heterocycles. The van der Waals surface area contributed by atoms with Crippen LogP contribution >= 0.6 is 22.8 Å². The molecule has 0 aliphatic rings. The number of hydrogen-bond donors (Lipinski definition) is 0. The summed E-state index contributed by atoms with van der Waals surface area (Å²) in [6.07, 6.45) is 0. The molecule has 0 unspecified atom stereocenters. The van der Waals surface area contributed by atoms with Crippen molar-refractivity contribution in [1.82, 2.24) is 0 Å². The van der Waals surface area contributed by atoms with Crippen molar-refractivity contribution >= 4 is 49.8 Å². The van der Waals surface area contributed by atoms with Gasteiger partial charge in [-0.3, -0.25) is 4.79 Å². The largest absolute Gasteiger partial charge is 0.289 e. The Morgan fingerprint density at radius 2 is 0.917 bits per heavy atom. The van der Waals surface area contributed by atoms with E-state index in [0.717, 1.165) is 36.8 Å². The van der Waals surface area contributed by atoms with Crippen LogP contribution in [-0.4, -0.2) is 11.1 Å². The number of rotatable bonds is 6. The molecule has 0 amide bonds. The lowest BCUT2D eigenvalue weighted by Gasteiger charge is -2.32. The van der Waals surface area contributed by atoms with E-state index in [1.165, 1.54) is 0 Å². The summed E-state index contributed by atoms with van der Waals surface area (Å²) in [4.78, 5) is 14.7. The molecular weight excluding hydrogens is 523 g/mol. The number of carbonyl (C=O) groups excluding carboxylic acids is 1. The molecular formula is C33H26BrOP. The highest BCUT2D eigenvalue weighted by Crippen LogP contribution is 2.48. The summed E-state index contributed by atoms with van der Waals surface area (Å²) in [5.74, 6) is 0.0576. The summed E-state index contributed by atoms with van der Waals surface area (Å²) in [7, 11) is 0. The van der Waals surface area contributed by atoms with Gasteiger partial charge in [-0.1, -0.05) is 149 Å². The Morgan fingerprint density at radius 1 is 0.528 bits per heavy atom. The molecule has 0 radical (unpaired) electrons. The van der Waals surface area contributed by atoms with Gasteiger partial charge in [-0.15, -0.1) is 0 Å². The number of carbonyl (C=O) groups is 1. The molecule has 0 atom stereocenters. The smallest absolute Gasteiger partial charge is 0.194 e. The molecule has 0 saturated heterocycles. The van der Waals surface area contributed by atoms with Crippen LogP contribution < -0.4 is 15.9 Å². The fourth-order valence-electron chi connectivity index (χ4n) is 4.72. The van der Waals surface area contributed by atoms with Gasteiger partial charge in [0.1, 0.15) is 0 Å². The first-order valence-electron chi connectivity index (χ1n) is 11.9. The standard InChI is InChI=1S/C33H26BrOP/c1-25-17-19-26(20-18-25)32(35)33(27-21-23-28(34)24-22-27)36(29-11-5-2-6-12-29,30-13-7-3-8-14-30)31-15-9-4-10-16-31/h2-24H,1H3. The zero-order valence-electron chi connectivity index (χ0n) is 20.0. The maximum atomic E-state index is 14.7. The van der Waals surface area contributed by atoms with Gasteiger partial charge in [-0.2, -0.15) is 0 Å². The van der Waals surface area contributed by atoms with Gasteiger partial charge in [0.15, 0.2) is 5.78 Å². The first kappa shape index (κ1) is 24.3. The lowest BCUT2D eigenvalue weighted by molar-refractivity contribution is 0.106. The molecule has 176 valence electrons. The first-order valence-corrected chi connectivity index (χ1v) is 14.5. The molecule has 0 spiro atoms. The van der Waals surface area contributed by atoms with Crippen molar-refractivity contribution < 1.29 is 4.79 Å². The molecule has 5 rings (SSSR count). The molecule has 0 bridgehead atoms. The molecule has 1 nitrogen and oxygen atoms in total. The molecule has 0 aromatic heterocycles. The molecule has 0 aliphatic carbocycles. The highest BCUT2D eigenvalue weighted by molar-refractivity contribution is 9.10. The third kappa shape index (κ3) is 4.55. The molecule has 5 aromatic rings. The quantitative estimate of drug-likeness (QED) is 0.162. The number of Topliss-reactive ketones (excluding diaryl/α,β-unsaturated/α-hetero) is 1.